The van der Waals surface area contributed by atoms with E-state index in [2.05, 4.69) is 5.32 Å². The zero-order chi connectivity index (χ0) is 12.3. The Hall–Kier alpha value is -1.20. The largest absolute Gasteiger partial charge is 0.485 e. The maximum absolute atomic E-state index is 13.7. The van der Waals surface area contributed by atoms with Crippen LogP contribution in [-0.2, 0) is 11.3 Å². The van der Waals surface area contributed by atoms with Gasteiger partial charge >= 0.3 is 0 Å². The van der Waals surface area contributed by atoms with Gasteiger partial charge in [0.2, 0.25) is 0 Å². The van der Waals surface area contributed by atoms with Crippen molar-refractivity contribution in [3.05, 3.63) is 29.3 Å². The second-order valence-electron chi connectivity index (χ2n) is 4.01. The lowest BCUT2D eigenvalue weighted by atomic mass is 10.1. The lowest BCUT2D eigenvalue weighted by Gasteiger charge is -2.16. The predicted octanol–water partition coefficient (Wildman–Crippen LogP) is 1.85. The van der Waals surface area contributed by atoms with Gasteiger partial charge < -0.3 is 14.8 Å². The summed E-state index contributed by atoms with van der Waals surface area (Å²) >= 11 is 0. The minimum absolute atomic E-state index is 0.122. The molecule has 1 aromatic carbocycles. The molecule has 1 saturated heterocycles. The Balaban J connectivity index is 2.22. The molecule has 1 aliphatic rings. The van der Waals surface area contributed by atoms with Crippen molar-refractivity contribution >= 4 is 0 Å². The number of hydrogen-bond donors (Lipinski definition) is 1. The number of halogens is 2. The first kappa shape index (κ1) is 12.3. The number of rotatable bonds is 4. The van der Waals surface area contributed by atoms with Gasteiger partial charge in [0.05, 0.1) is 13.2 Å². The maximum Gasteiger partial charge on any atom is 0.168 e. The van der Waals surface area contributed by atoms with Crippen LogP contribution in [0.2, 0.25) is 0 Å². The highest BCUT2D eigenvalue weighted by Gasteiger charge is 2.21. The van der Waals surface area contributed by atoms with Crippen LogP contribution in [0.1, 0.15) is 12.0 Å². The monoisotopic (exact) mass is 243 g/mol. The van der Waals surface area contributed by atoms with Crippen molar-refractivity contribution in [1.29, 1.82) is 0 Å². The van der Waals surface area contributed by atoms with Gasteiger partial charge in [-0.2, -0.15) is 0 Å². The molecule has 1 aromatic rings. The molecule has 0 saturated carbocycles. The van der Waals surface area contributed by atoms with Crippen LogP contribution in [0.15, 0.2) is 12.1 Å². The van der Waals surface area contributed by atoms with Gasteiger partial charge in [-0.05, 0) is 13.1 Å². The molecule has 1 fully saturated rings. The summed E-state index contributed by atoms with van der Waals surface area (Å²) in [4.78, 5) is 0. The Morgan fingerprint density at radius 3 is 2.94 bits per heavy atom. The summed E-state index contributed by atoms with van der Waals surface area (Å²) in [6.07, 6.45) is 0.584. The summed E-state index contributed by atoms with van der Waals surface area (Å²) in [7, 11) is 1.71. The third-order valence-corrected chi connectivity index (χ3v) is 2.62. The molecule has 0 radical (unpaired) electrons. The van der Waals surface area contributed by atoms with Gasteiger partial charge in [-0.15, -0.1) is 0 Å². The number of benzene rings is 1. The lowest BCUT2D eigenvalue weighted by molar-refractivity contribution is 0.137. The van der Waals surface area contributed by atoms with Gasteiger partial charge in [-0.1, -0.05) is 0 Å². The Kier molecular flexibility index (Phi) is 3.91. The van der Waals surface area contributed by atoms with Crippen LogP contribution in [0.4, 0.5) is 8.78 Å². The van der Waals surface area contributed by atoms with E-state index in [1.807, 2.05) is 0 Å². The highest BCUT2D eigenvalue weighted by atomic mass is 19.1. The highest BCUT2D eigenvalue weighted by Crippen LogP contribution is 2.27. The van der Waals surface area contributed by atoms with Gasteiger partial charge in [0.15, 0.2) is 11.6 Å². The summed E-state index contributed by atoms with van der Waals surface area (Å²) in [5.74, 6) is -1.14. The fourth-order valence-electron chi connectivity index (χ4n) is 1.84. The number of hydrogen-bond acceptors (Lipinski definition) is 3. The van der Waals surface area contributed by atoms with Gasteiger partial charge in [0, 0.05) is 24.6 Å². The molecule has 0 aliphatic carbocycles. The third-order valence-electron chi connectivity index (χ3n) is 2.62. The molecule has 0 aromatic heterocycles. The normalized spacial score (nSPS) is 19.6. The first-order valence-electron chi connectivity index (χ1n) is 5.57. The molecule has 1 aliphatic heterocycles. The Bertz CT molecular complexity index is 392. The summed E-state index contributed by atoms with van der Waals surface area (Å²) in [6.45, 7) is 1.43. The molecule has 3 nitrogen and oxygen atoms in total. The minimum atomic E-state index is -0.665. The fourth-order valence-corrected chi connectivity index (χ4v) is 1.84. The average molecular weight is 243 g/mol. The maximum atomic E-state index is 13.7. The molecular weight excluding hydrogens is 228 g/mol. The molecule has 2 rings (SSSR count). The minimum Gasteiger partial charge on any atom is -0.485 e. The molecular formula is C12H15F2NO2. The average Bonchev–Trinajstić information content (AvgIpc) is 2.76. The Labute approximate surface area is 98.7 Å². The van der Waals surface area contributed by atoms with E-state index in [9.17, 15) is 8.78 Å². The zero-order valence-electron chi connectivity index (χ0n) is 9.63. The molecule has 0 bridgehead atoms. The van der Waals surface area contributed by atoms with E-state index >= 15 is 0 Å². The molecule has 1 heterocycles. The van der Waals surface area contributed by atoms with E-state index in [1.54, 1.807) is 7.05 Å². The van der Waals surface area contributed by atoms with Crippen LogP contribution >= 0.6 is 0 Å². The van der Waals surface area contributed by atoms with Crippen molar-refractivity contribution < 1.29 is 18.3 Å². The van der Waals surface area contributed by atoms with E-state index in [0.717, 1.165) is 12.5 Å². The molecule has 0 amide bonds. The van der Waals surface area contributed by atoms with Crippen molar-refractivity contribution in [2.75, 3.05) is 20.3 Å². The summed E-state index contributed by atoms with van der Waals surface area (Å²) in [6, 6.07) is 2.12. The van der Waals surface area contributed by atoms with Crippen LogP contribution in [-0.4, -0.2) is 26.4 Å². The summed E-state index contributed by atoms with van der Waals surface area (Å²) in [5.41, 5.74) is 0.483. The first-order chi connectivity index (χ1) is 8.20. The number of nitrogens with one attached hydrogen (secondary N) is 1. The van der Waals surface area contributed by atoms with Crippen LogP contribution in [0.25, 0.3) is 0 Å². The fraction of sp³-hybridized carbons (Fsp3) is 0.500. The standard InChI is InChI=1S/C12H15F2NO2/c1-15-6-8-4-9(13)5-11(14)12(8)17-10-2-3-16-7-10/h4-5,10,15H,2-3,6-7H2,1H3/t10-/m1/s1. The Morgan fingerprint density at radius 2 is 2.29 bits per heavy atom. The van der Waals surface area contributed by atoms with E-state index < -0.39 is 11.6 Å². The van der Waals surface area contributed by atoms with Gasteiger partial charge in [-0.25, -0.2) is 8.78 Å². The third kappa shape index (κ3) is 2.92. The summed E-state index contributed by atoms with van der Waals surface area (Å²) < 4.78 is 37.4. The second kappa shape index (κ2) is 5.42. The lowest BCUT2D eigenvalue weighted by Crippen LogP contribution is -2.19. The van der Waals surface area contributed by atoms with Gasteiger partial charge in [0.25, 0.3) is 0 Å². The SMILES string of the molecule is CNCc1cc(F)cc(F)c1O[C@@H]1CCOC1. The predicted molar refractivity (Wildman–Crippen MR) is 59.0 cm³/mol. The summed E-state index contributed by atoms with van der Waals surface area (Å²) in [5, 5.41) is 2.86. The van der Waals surface area contributed by atoms with Crippen LogP contribution in [0, 0.1) is 11.6 Å². The molecule has 0 unspecified atom stereocenters. The van der Waals surface area contributed by atoms with Gasteiger partial charge in [0.1, 0.15) is 11.9 Å². The van der Waals surface area contributed by atoms with Crippen LogP contribution in [0.3, 0.4) is 0 Å². The van der Waals surface area contributed by atoms with Crippen LogP contribution in [0.5, 0.6) is 5.75 Å². The van der Waals surface area contributed by atoms with E-state index in [1.165, 1.54) is 6.07 Å². The molecule has 94 valence electrons. The number of ether oxygens (including phenoxy) is 2. The first-order valence-corrected chi connectivity index (χ1v) is 5.57. The highest BCUT2D eigenvalue weighted by molar-refractivity contribution is 5.35. The smallest absolute Gasteiger partial charge is 0.168 e. The van der Waals surface area contributed by atoms with E-state index in [-0.39, 0.29) is 11.9 Å². The van der Waals surface area contributed by atoms with Crippen LogP contribution < -0.4 is 10.1 Å². The Morgan fingerprint density at radius 1 is 1.47 bits per heavy atom. The van der Waals surface area contributed by atoms with Crippen molar-refractivity contribution in [1.82, 2.24) is 5.32 Å². The molecule has 5 heteroatoms. The molecule has 17 heavy (non-hydrogen) atoms. The van der Waals surface area contributed by atoms with Gasteiger partial charge in [-0.3, -0.25) is 0 Å². The second-order valence-corrected chi connectivity index (χ2v) is 4.01. The van der Waals surface area contributed by atoms with Crippen molar-refractivity contribution in [2.45, 2.75) is 19.1 Å². The zero-order valence-corrected chi connectivity index (χ0v) is 9.63. The topological polar surface area (TPSA) is 30.5 Å². The van der Waals surface area contributed by atoms with Crippen molar-refractivity contribution in [3.8, 4) is 5.75 Å². The quantitative estimate of drug-likeness (QED) is 0.875. The van der Waals surface area contributed by atoms with E-state index in [4.69, 9.17) is 9.47 Å². The van der Waals surface area contributed by atoms with Crippen molar-refractivity contribution in [3.63, 3.8) is 0 Å². The van der Waals surface area contributed by atoms with Crippen molar-refractivity contribution in [2.24, 2.45) is 0 Å². The van der Waals surface area contributed by atoms with E-state index in [0.29, 0.717) is 25.3 Å². The molecule has 1 N–H and O–H groups in total. The molecule has 0 spiro atoms. The molecule has 1 atom stereocenters.